The fourth-order valence-electron chi connectivity index (χ4n) is 2.04. The van der Waals surface area contributed by atoms with Crippen LogP contribution < -0.4 is 10.0 Å². The Morgan fingerprint density at radius 1 is 1.20 bits per heavy atom. The summed E-state index contributed by atoms with van der Waals surface area (Å²) in [6, 6.07) is 0. The van der Waals surface area contributed by atoms with Gasteiger partial charge in [-0.2, -0.15) is 12.7 Å². The van der Waals surface area contributed by atoms with Crippen molar-refractivity contribution in [1.82, 2.24) is 19.2 Å². The minimum absolute atomic E-state index is 0.482. The molecule has 120 valence electrons. The molecule has 0 amide bonds. The predicted molar refractivity (Wildman–Crippen MR) is 80.0 cm³/mol. The highest BCUT2D eigenvalue weighted by Crippen LogP contribution is 1.99. The average molecular weight is 308 g/mol. The number of ether oxygens (including phenoxy) is 1. The van der Waals surface area contributed by atoms with E-state index in [9.17, 15) is 8.42 Å². The molecule has 0 atom stereocenters. The van der Waals surface area contributed by atoms with Gasteiger partial charge in [-0.15, -0.1) is 0 Å². The number of rotatable bonds is 10. The Balaban J connectivity index is 2.14. The molecule has 0 spiro atoms. The lowest BCUT2D eigenvalue weighted by Gasteiger charge is -2.26. The quantitative estimate of drug-likeness (QED) is 0.511. The van der Waals surface area contributed by atoms with Crippen LogP contribution in [0.15, 0.2) is 0 Å². The fraction of sp³-hybridized carbons (Fsp3) is 1.00. The zero-order chi connectivity index (χ0) is 14.8. The maximum atomic E-state index is 11.9. The van der Waals surface area contributed by atoms with Gasteiger partial charge < -0.3 is 10.1 Å². The van der Waals surface area contributed by atoms with Crippen LogP contribution in [0.1, 0.15) is 12.8 Å². The van der Waals surface area contributed by atoms with Gasteiger partial charge >= 0.3 is 0 Å². The Morgan fingerprint density at radius 3 is 2.55 bits per heavy atom. The van der Waals surface area contributed by atoms with E-state index in [1.54, 1.807) is 7.05 Å². The van der Waals surface area contributed by atoms with Crippen LogP contribution in [-0.4, -0.2) is 84.2 Å². The first-order valence-corrected chi connectivity index (χ1v) is 8.66. The van der Waals surface area contributed by atoms with E-state index in [0.717, 1.165) is 52.2 Å². The number of nitrogens with zero attached hydrogens (tertiary/aromatic N) is 2. The minimum atomic E-state index is -3.33. The summed E-state index contributed by atoms with van der Waals surface area (Å²) in [6.07, 6.45) is 1.63. The van der Waals surface area contributed by atoms with E-state index in [4.69, 9.17) is 4.74 Å². The van der Waals surface area contributed by atoms with Gasteiger partial charge in [0.15, 0.2) is 0 Å². The second-order valence-electron chi connectivity index (χ2n) is 4.99. The molecule has 0 aromatic rings. The molecule has 0 radical (unpaired) electrons. The Labute approximate surface area is 122 Å². The largest absolute Gasteiger partial charge is 0.379 e. The summed E-state index contributed by atoms with van der Waals surface area (Å²) in [6.45, 7) is 6.18. The van der Waals surface area contributed by atoms with Gasteiger partial charge in [-0.1, -0.05) is 0 Å². The van der Waals surface area contributed by atoms with Crippen molar-refractivity contribution in [1.29, 1.82) is 0 Å². The molecule has 0 aliphatic carbocycles. The normalized spacial score (nSPS) is 17.8. The summed E-state index contributed by atoms with van der Waals surface area (Å²) >= 11 is 0. The van der Waals surface area contributed by atoms with Crippen LogP contribution in [0.5, 0.6) is 0 Å². The van der Waals surface area contributed by atoms with E-state index in [1.807, 2.05) is 7.05 Å². The number of nitrogens with one attached hydrogen (secondary N) is 2. The fourth-order valence-corrected chi connectivity index (χ4v) is 3.03. The smallest absolute Gasteiger partial charge is 0.279 e. The van der Waals surface area contributed by atoms with Crippen molar-refractivity contribution >= 4 is 10.2 Å². The maximum absolute atomic E-state index is 11.9. The van der Waals surface area contributed by atoms with Gasteiger partial charge in [-0.25, -0.2) is 4.72 Å². The molecular formula is C12H28N4O3S. The third-order valence-corrected chi connectivity index (χ3v) is 4.92. The lowest BCUT2D eigenvalue weighted by molar-refractivity contribution is 0.0376. The van der Waals surface area contributed by atoms with Crippen LogP contribution in [0.2, 0.25) is 0 Å². The Bertz CT molecular complexity index is 345. The lowest BCUT2D eigenvalue weighted by Crippen LogP contribution is -2.41. The van der Waals surface area contributed by atoms with Crippen LogP contribution >= 0.6 is 0 Å². The zero-order valence-corrected chi connectivity index (χ0v) is 13.4. The Kier molecular flexibility index (Phi) is 8.58. The highest BCUT2D eigenvalue weighted by atomic mass is 32.2. The van der Waals surface area contributed by atoms with Crippen molar-refractivity contribution in [3.63, 3.8) is 0 Å². The first-order valence-electron chi connectivity index (χ1n) is 7.22. The molecule has 1 saturated heterocycles. The summed E-state index contributed by atoms with van der Waals surface area (Å²) in [4.78, 5) is 2.30. The van der Waals surface area contributed by atoms with Gasteiger partial charge in [0.1, 0.15) is 0 Å². The first kappa shape index (κ1) is 17.8. The van der Waals surface area contributed by atoms with Gasteiger partial charge in [0.25, 0.3) is 10.2 Å². The van der Waals surface area contributed by atoms with E-state index in [1.165, 1.54) is 4.31 Å². The number of hydrogen-bond donors (Lipinski definition) is 2. The molecule has 20 heavy (non-hydrogen) atoms. The predicted octanol–water partition coefficient (Wildman–Crippen LogP) is -0.916. The van der Waals surface area contributed by atoms with E-state index >= 15 is 0 Å². The summed E-state index contributed by atoms with van der Waals surface area (Å²) in [5.41, 5.74) is 0. The Hall–Kier alpha value is -0.250. The molecule has 2 N–H and O–H groups in total. The van der Waals surface area contributed by atoms with Crippen molar-refractivity contribution in [2.24, 2.45) is 0 Å². The third kappa shape index (κ3) is 6.96. The molecule has 1 aliphatic heterocycles. The molecule has 0 saturated carbocycles. The molecule has 0 bridgehead atoms. The highest BCUT2D eigenvalue weighted by Gasteiger charge is 2.16. The van der Waals surface area contributed by atoms with Crippen molar-refractivity contribution in [3.05, 3.63) is 0 Å². The molecule has 1 rings (SSSR count). The SMILES string of the molecule is CNCCCN(C)S(=O)(=O)NCCCN1CCOCC1. The van der Waals surface area contributed by atoms with E-state index in [2.05, 4.69) is 14.9 Å². The summed E-state index contributed by atoms with van der Waals surface area (Å²) in [5.74, 6) is 0. The highest BCUT2D eigenvalue weighted by molar-refractivity contribution is 7.87. The van der Waals surface area contributed by atoms with Gasteiger partial charge in [0.2, 0.25) is 0 Å². The van der Waals surface area contributed by atoms with Crippen LogP contribution in [-0.2, 0) is 14.9 Å². The number of hydrogen-bond acceptors (Lipinski definition) is 5. The second-order valence-corrected chi connectivity index (χ2v) is 6.85. The molecule has 7 nitrogen and oxygen atoms in total. The van der Waals surface area contributed by atoms with E-state index < -0.39 is 10.2 Å². The van der Waals surface area contributed by atoms with Gasteiger partial charge in [-0.05, 0) is 33.0 Å². The summed E-state index contributed by atoms with van der Waals surface area (Å²) in [5, 5.41) is 3.01. The summed E-state index contributed by atoms with van der Waals surface area (Å²) < 4.78 is 33.2. The minimum Gasteiger partial charge on any atom is -0.379 e. The van der Waals surface area contributed by atoms with Crippen LogP contribution in [0.3, 0.4) is 0 Å². The third-order valence-electron chi connectivity index (χ3n) is 3.35. The van der Waals surface area contributed by atoms with Gasteiger partial charge in [0, 0.05) is 33.2 Å². The van der Waals surface area contributed by atoms with Crippen LogP contribution in [0.25, 0.3) is 0 Å². The first-order chi connectivity index (χ1) is 9.56. The van der Waals surface area contributed by atoms with Crippen molar-refractivity contribution in [3.8, 4) is 0 Å². The molecule has 1 fully saturated rings. The standard InChI is InChI=1S/C12H28N4O3S/c1-13-5-3-7-15(2)20(17,18)14-6-4-8-16-9-11-19-12-10-16/h13-14H,3-12H2,1-2H3. The molecular weight excluding hydrogens is 280 g/mol. The molecule has 0 aromatic heterocycles. The van der Waals surface area contributed by atoms with Crippen LogP contribution in [0, 0.1) is 0 Å². The monoisotopic (exact) mass is 308 g/mol. The second kappa shape index (κ2) is 9.64. The van der Waals surface area contributed by atoms with Gasteiger partial charge in [-0.3, -0.25) is 4.90 Å². The maximum Gasteiger partial charge on any atom is 0.279 e. The molecule has 0 unspecified atom stereocenters. The van der Waals surface area contributed by atoms with Crippen LogP contribution in [0.4, 0.5) is 0 Å². The van der Waals surface area contributed by atoms with Crippen molar-refractivity contribution in [2.45, 2.75) is 12.8 Å². The van der Waals surface area contributed by atoms with Crippen molar-refractivity contribution < 1.29 is 13.2 Å². The van der Waals surface area contributed by atoms with Crippen molar-refractivity contribution in [2.75, 3.05) is 66.6 Å². The molecule has 8 heteroatoms. The van der Waals surface area contributed by atoms with E-state index in [0.29, 0.717) is 13.1 Å². The average Bonchev–Trinajstić information content (AvgIpc) is 2.45. The number of morpholine rings is 1. The molecule has 1 heterocycles. The lowest BCUT2D eigenvalue weighted by atomic mass is 10.3. The molecule has 0 aromatic carbocycles. The Morgan fingerprint density at radius 2 is 1.90 bits per heavy atom. The van der Waals surface area contributed by atoms with E-state index in [-0.39, 0.29) is 0 Å². The summed E-state index contributed by atoms with van der Waals surface area (Å²) in [7, 11) is 0.139. The van der Waals surface area contributed by atoms with Gasteiger partial charge in [0.05, 0.1) is 13.2 Å². The molecule has 1 aliphatic rings. The topological polar surface area (TPSA) is 73.9 Å². The zero-order valence-electron chi connectivity index (χ0n) is 12.6.